The minimum absolute atomic E-state index is 0.130. The first kappa shape index (κ1) is 14.9. The maximum absolute atomic E-state index is 13.1. The summed E-state index contributed by atoms with van der Waals surface area (Å²) in [6.07, 6.45) is -0.609. The summed E-state index contributed by atoms with van der Waals surface area (Å²) in [6, 6.07) is 5.62. The van der Waals surface area contributed by atoms with Crippen LogP contribution < -0.4 is 10.1 Å². The third kappa shape index (κ3) is 4.94. The monoisotopic (exact) mass is 266 g/mol. The second kappa shape index (κ2) is 7.34. The molecular formula is C13H15FN2O3. The molecule has 1 aromatic carbocycles. The van der Waals surface area contributed by atoms with E-state index in [1.807, 2.05) is 6.07 Å². The maximum atomic E-state index is 13.1. The zero-order chi connectivity index (χ0) is 14.3. The molecule has 1 aromatic rings. The number of carbonyl (C=O) groups excluding carboxylic acids is 1. The number of nitrogens with zero attached hydrogens (tertiary/aromatic N) is 1. The van der Waals surface area contributed by atoms with E-state index in [2.05, 4.69) is 5.32 Å². The first-order valence-electron chi connectivity index (χ1n) is 5.78. The fraction of sp³-hybridized carbons (Fsp3) is 0.385. The fourth-order valence-corrected chi connectivity index (χ4v) is 1.43. The quantitative estimate of drug-likeness (QED) is 0.760. The van der Waals surface area contributed by atoms with Gasteiger partial charge in [0.15, 0.2) is 6.61 Å². The number of nitriles is 1. The van der Waals surface area contributed by atoms with Gasteiger partial charge in [0.1, 0.15) is 11.6 Å². The van der Waals surface area contributed by atoms with Crippen molar-refractivity contribution in [2.24, 2.45) is 0 Å². The van der Waals surface area contributed by atoms with E-state index in [1.54, 1.807) is 0 Å². The van der Waals surface area contributed by atoms with Crippen molar-refractivity contribution in [3.63, 3.8) is 0 Å². The molecule has 0 bridgehead atoms. The highest BCUT2D eigenvalue weighted by Gasteiger charge is 2.11. The molecule has 0 aliphatic heterocycles. The highest BCUT2D eigenvalue weighted by Crippen LogP contribution is 2.25. The van der Waals surface area contributed by atoms with Gasteiger partial charge in [0.2, 0.25) is 0 Å². The van der Waals surface area contributed by atoms with Gasteiger partial charge in [-0.15, -0.1) is 0 Å². The van der Waals surface area contributed by atoms with Gasteiger partial charge in [-0.2, -0.15) is 5.26 Å². The van der Waals surface area contributed by atoms with Crippen LogP contribution in [0, 0.1) is 17.1 Å². The summed E-state index contributed by atoms with van der Waals surface area (Å²) < 4.78 is 18.3. The zero-order valence-corrected chi connectivity index (χ0v) is 10.5. The number of amides is 1. The largest absolute Gasteiger partial charge is 0.483 e. The molecular weight excluding hydrogens is 251 g/mol. The van der Waals surface area contributed by atoms with Crippen LogP contribution in [0.2, 0.25) is 0 Å². The van der Waals surface area contributed by atoms with Crippen LogP contribution in [-0.2, 0) is 4.79 Å². The predicted molar refractivity (Wildman–Crippen MR) is 65.8 cm³/mol. The number of ether oxygens (including phenoxy) is 1. The first-order valence-corrected chi connectivity index (χ1v) is 5.78. The zero-order valence-electron chi connectivity index (χ0n) is 10.5. The summed E-state index contributed by atoms with van der Waals surface area (Å²) in [5, 5.41) is 20.3. The van der Waals surface area contributed by atoms with E-state index in [0.717, 1.165) is 6.07 Å². The molecule has 0 radical (unpaired) electrons. The summed E-state index contributed by atoms with van der Waals surface area (Å²) in [5.41, 5.74) is 0.409. The lowest BCUT2D eigenvalue weighted by Crippen LogP contribution is -2.29. The van der Waals surface area contributed by atoms with E-state index in [0.29, 0.717) is 5.56 Å². The number of carbonyl (C=O) groups is 1. The molecule has 0 saturated heterocycles. The van der Waals surface area contributed by atoms with E-state index in [-0.39, 0.29) is 25.3 Å². The Morgan fingerprint density at radius 1 is 1.63 bits per heavy atom. The Morgan fingerprint density at radius 2 is 2.37 bits per heavy atom. The third-order valence-corrected chi connectivity index (χ3v) is 2.34. The Labute approximate surface area is 110 Å². The lowest BCUT2D eigenvalue weighted by Gasteiger charge is -2.13. The number of hydrogen-bond acceptors (Lipinski definition) is 4. The molecule has 0 aliphatic carbocycles. The standard InChI is InChI=1S/C13H15FN2O3/c1-9(17)11-4-3-10(14)7-12(11)19-8-13(18)16-6-2-5-15/h3-4,7,9,17H,2,6,8H2,1H3,(H,16,18)/t9-/m0/s1. The van der Waals surface area contributed by atoms with Crippen LogP contribution in [0.5, 0.6) is 5.75 Å². The van der Waals surface area contributed by atoms with E-state index in [1.165, 1.54) is 19.1 Å². The molecule has 0 aromatic heterocycles. The molecule has 1 atom stereocenters. The van der Waals surface area contributed by atoms with Crippen LogP contribution in [0.15, 0.2) is 18.2 Å². The number of halogens is 1. The van der Waals surface area contributed by atoms with Crippen LogP contribution in [0.3, 0.4) is 0 Å². The topological polar surface area (TPSA) is 82.3 Å². The van der Waals surface area contributed by atoms with Gasteiger partial charge in [0.05, 0.1) is 18.6 Å². The number of aliphatic hydroxyl groups is 1. The predicted octanol–water partition coefficient (Wildman–Crippen LogP) is 1.29. The molecule has 0 fully saturated rings. The Hall–Kier alpha value is -2.13. The SMILES string of the molecule is C[C@H](O)c1ccc(F)cc1OCC(=O)NCCC#N. The molecule has 1 rings (SSSR count). The van der Waals surface area contributed by atoms with Gasteiger partial charge in [-0.3, -0.25) is 4.79 Å². The summed E-state index contributed by atoms with van der Waals surface area (Å²) in [5.74, 6) is -0.786. The highest BCUT2D eigenvalue weighted by molar-refractivity contribution is 5.77. The average molecular weight is 266 g/mol. The number of benzene rings is 1. The van der Waals surface area contributed by atoms with Crippen molar-refractivity contribution in [1.29, 1.82) is 5.26 Å². The molecule has 0 spiro atoms. The van der Waals surface area contributed by atoms with Crippen molar-refractivity contribution in [1.82, 2.24) is 5.32 Å². The van der Waals surface area contributed by atoms with Gasteiger partial charge in [-0.05, 0) is 19.1 Å². The summed E-state index contributed by atoms with van der Waals surface area (Å²) in [4.78, 5) is 11.4. The van der Waals surface area contributed by atoms with Crippen LogP contribution >= 0.6 is 0 Å². The Balaban J connectivity index is 2.59. The first-order chi connectivity index (χ1) is 9.04. The number of rotatable bonds is 6. The van der Waals surface area contributed by atoms with Gasteiger partial charge < -0.3 is 15.2 Å². The van der Waals surface area contributed by atoms with Gasteiger partial charge in [0.25, 0.3) is 5.91 Å². The smallest absolute Gasteiger partial charge is 0.257 e. The lowest BCUT2D eigenvalue weighted by atomic mass is 10.1. The van der Waals surface area contributed by atoms with Crippen LogP contribution in [0.1, 0.15) is 25.0 Å². The van der Waals surface area contributed by atoms with Crippen molar-refractivity contribution >= 4 is 5.91 Å². The molecule has 0 saturated carbocycles. The summed E-state index contributed by atoms with van der Waals surface area (Å²) in [6.45, 7) is 1.47. The van der Waals surface area contributed by atoms with E-state index < -0.39 is 17.8 Å². The average Bonchev–Trinajstić information content (AvgIpc) is 2.36. The number of aliphatic hydroxyl groups excluding tert-OH is 1. The van der Waals surface area contributed by atoms with Gasteiger partial charge >= 0.3 is 0 Å². The number of nitrogens with one attached hydrogen (secondary N) is 1. The maximum Gasteiger partial charge on any atom is 0.257 e. The molecule has 5 nitrogen and oxygen atoms in total. The van der Waals surface area contributed by atoms with Crippen LogP contribution in [0.25, 0.3) is 0 Å². The van der Waals surface area contributed by atoms with Crippen LogP contribution in [-0.4, -0.2) is 24.2 Å². The van der Waals surface area contributed by atoms with Crippen LogP contribution in [0.4, 0.5) is 4.39 Å². The van der Waals surface area contributed by atoms with Crippen molar-refractivity contribution in [2.75, 3.05) is 13.2 Å². The second-order valence-electron chi connectivity index (χ2n) is 3.90. The lowest BCUT2D eigenvalue weighted by molar-refractivity contribution is -0.123. The molecule has 6 heteroatoms. The molecule has 2 N–H and O–H groups in total. The second-order valence-corrected chi connectivity index (χ2v) is 3.90. The molecule has 0 unspecified atom stereocenters. The Morgan fingerprint density at radius 3 is 3.00 bits per heavy atom. The van der Waals surface area contributed by atoms with E-state index in [4.69, 9.17) is 10.00 Å². The molecule has 0 heterocycles. The van der Waals surface area contributed by atoms with Crippen molar-refractivity contribution in [3.8, 4) is 11.8 Å². The fourth-order valence-electron chi connectivity index (χ4n) is 1.43. The van der Waals surface area contributed by atoms with Crippen molar-refractivity contribution < 1.29 is 19.0 Å². The third-order valence-electron chi connectivity index (χ3n) is 2.34. The van der Waals surface area contributed by atoms with Gasteiger partial charge in [0, 0.05) is 18.2 Å². The van der Waals surface area contributed by atoms with Gasteiger partial charge in [-0.1, -0.05) is 0 Å². The van der Waals surface area contributed by atoms with Crippen molar-refractivity contribution in [2.45, 2.75) is 19.4 Å². The molecule has 19 heavy (non-hydrogen) atoms. The van der Waals surface area contributed by atoms with E-state index >= 15 is 0 Å². The van der Waals surface area contributed by atoms with E-state index in [9.17, 15) is 14.3 Å². The Kier molecular flexibility index (Phi) is 5.76. The normalized spacial score (nSPS) is 11.5. The molecule has 102 valence electrons. The summed E-state index contributed by atoms with van der Waals surface area (Å²) in [7, 11) is 0. The van der Waals surface area contributed by atoms with Crippen molar-refractivity contribution in [3.05, 3.63) is 29.6 Å². The van der Waals surface area contributed by atoms with Gasteiger partial charge in [-0.25, -0.2) is 4.39 Å². The molecule has 1 amide bonds. The Bertz CT molecular complexity index is 483. The highest BCUT2D eigenvalue weighted by atomic mass is 19.1. The number of hydrogen-bond donors (Lipinski definition) is 2. The minimum atomic E-state index is -0.822. The summed E-state index contributed by atoms with van der Waals surface area (Å²) >= 11 is 0. The molecule has 0 aliphatic rings. The minimum Gasteiger partial charge on any atom is -0.483 e.